The van der Waals surface area contributed by atoms with Gasteiger partial charge in [-0.25, -0.2) is 4.98 Å². The SMILES string of the molecule is NC(=O)c1ccc(Cc2nc3ccccc3[nH]2)cc1. The number of primary amides is 1. The Labute approximate surface area is 110 Å². The van der Waals surface area contributed by atoms with Crippen LogP contribution < -0.4 is 5.73 Å². The number of para-hydroxylation sites is 2. The second-order valence-electron chi connectivity index (χ2n) is 4.44. The molecule has 1 heterocycles. The molecule has 94 valence electrons. The van der Waals surface area contributed by atoms with Crippen LogP contribution in [0.5, 0.6) is 0 Å². The highest BCUT2D eigenvalue weighted by Gasteiger charge is 2.04. The first-order valence-electron chi connectivity index (χ1n) is 6.05. The van der Waals surface area contributed by atoms with E-state index in [1.807, 2.05) is 36.4 Å². The lowest BCUT2D eigenvalue weighted by Gasteiger charge is -1.99. The molecule has 0 spiro atoms. The summed E-state index contributed by atoms with van der Waals surface area (Å²) in [7, 11) is 0. The van der Waals surface area contributed by atoms with Crippen molar-refractivity contribution in [3.8, 4) is 0 Å². The van der Waals surface area contributed by atoms with Gasteiger partial charge in [0, 0.05) is 12.0 Å². The fraction of sp³-hybridized carbons (Fsp3) is 0.0667. The Morgan fingerprint density at radius 3 is 2.53 bits per heavy atom. The van der Waals surface area contributed by atoms with Crippen molar-refractivity contribution in [1.82, 2.24) is 9.97 Å². The lowest BCUT2D eigenvalue weighted by Crippen LogP contribution is -2.10. The van der Waals surface area contributed by atoms with Crippen molar-refractivity contribution in [1.29, 1.82) is 0 Å². The van der Waals surface area contributed by atoms with Crippen LogP contribution in [-0.2, 0) is 6.42 Å². The summed E-state index contributed by atoms with van der Waals surface area (Å²) in [5.41, 5.74) is 8.82. The van der Waals surface area contributed by atoms with E-state index in [1.165, 1.54) is 0 Å². The minimum Gasteiger partial charge on any atom is -0.366 e. The van der Waals surface area contributed by atoms with E-state index >= 15 is 0 Å². The zero-order valence-electron chi connectivity index (χ0n) is 10.3. The molecule has 0 bridgehead atoms. The van der Waals surface area contributed by atoms with Gasteiger partial charge < -0.3 is 10.7 Å². The van der Waals surface area contributed by atoms with E-state index in [1.54, 1.807) is 12.1 Å². The van der Waals surface area contributed by atoms with Gasteiger partial charge in [-0.3, -0.25) is 4.79 Å². The molecule has 1 amide bonds. The van der Waals surface area contributed by atoms with Gasteiger partial charge in [-0.1, -0.05) is 24.3 Å². The summed E-state index contributed by atoms with van der Waals surface area (Å²) < 4.78 is 0. The van der Waals surface area contributed by atoms with E-state index in [0.717, 1.165) is 22.4 Å². The number of hydrogen-bond acceptors (Lipinski definition) is 2. The van der Waals surface area contributed by atoms with Crippen LogP contribution in [0.2, 0.25) is 0 Å². The number of hydrogen-bond donors (Lipinski definition) is 2. The maximum atomic E-state index is 11.0. The molecule has 4 heteroatoms. The Morgan fingerprint density at radius 2 is 1.84 bits per heavy atom. The lowest BCUT2D eigenvalue weighted by molar-refractivity contribution is 0.100. The van der Waals surface area contributed by atoms with Crippen LogP contribution in [0.1, 0.15) is 21.7 Å². The first-order valence-corrected chi connectivity index (χ1v) is 6.05. The van der Waals surface area contributed by atoms with Gasteiger partial charge in [0.15, 0.2) is 0 Å². The Bertz CT molecular complexity index is 695. The summed E-state index contributed by atoms with van der Waals surface area (Å²) in [5, 5.41) is 0. The van der Waals surface area contributed by atoms with Gasteiger partial charge in [0.05, 0.1) is 11.0 Å². The highest BCUT2D eigenvalue weighted by atomic mass is 16.1. The van der Waals surface area contributed by atoms with E-state index in [2.05, 4.69) is 9.97 Å². The minimum atomic E-state index is -0.407. The van der Waals surface area contributed by atoms with E-state index in [0.29, 0.717) is 12.0 Å². The number of aromatic nitrogens is 2. The average molecular weight is 251 g/mol. The second kappa shape index (κ2) is 4.57. The number of nitrogens with zero attached hydrogens (tertiary/aromatic N) is 1. The predicted octanol–water partition coefficient (Wildman–Crippen LogP) is 2.25. The summed E-state index contributed by atoms with van der Waals surface area (Å²) in [6.45, 7) is 0. The molecular weight excluding hydrogens is 238 g/mol. The number of rotatable bonds is 3. The third-order valence-electron chi connectivity index (χ3n) is 3.05. The average Bonchev–Trinajstić information content (AvgIpc) is 2.81. The van der Waals surface area contributed by atoms with Crippen molar-refractivity contribution < 1.29 is 4.79 Å². The Balaban J connectivity index is 1.86. The molecule has 0 atom stereocenters. The molecule has 0 aliphatic heterocycles. The number of fused-ring (bicyclic) bond motifs is 1. The highest BCUT2D eigenvalue weighted by Crippen LogP contribution is 2.14. The summed E-state index contributed by atoms with van der Waals surface area (Å²) in [5.74, 6) is 0.503. The molecule has 0 aliphatic carbocycles. The summed E-state index contributed by atoms with van der Waals surface area (Å²) in [6.07, 6.45) is 0.702. The smallest absolute Gasteiger partial charge is 0.248 e. The van der Waals surface area contributed by atoms with Crippen molar-refractivity contribution in [2.45, 2.75) is 6.42 Å². The maximum Gasteiger partial charge on any atom is 0.248 e. The lowest BCUT2D eigenvalue weighted by atomic mass is 10.1. The molecule has 0 saturated carbocycles. The van der Waals surface area contributed by atoms with Crippen LogP contribution in [-0.4, -0.2) is 15.9 Å². The fourth-order valence-corrected chi connectivity index (χ4v) is 2.07. The molecule has 3 aromatic rings. The van der Waals surface area contributed by atoms with Crippen LogP contribution in [0.4, 0.5) is 0 Å². The summed E-state index contributed by atoms with van der Waals surface area (Å²) >= 11 is 0. The number of nitrogens with one attached hydrogen (secondary N) is 1. The molecule has 0 aliphatic rings. The number of benzene rings is 2. The van der Waals surface area contributed by atoms with Gasteiger partial charge in [-0.15, -0.1) is 0 Å². The number of H-pyrrole nitrogens is 1. The zero-order valence-corrected chi connectivity index (χ0v) is 10.3. The molecule has 2 aromatic carbocycles. The van der Waals surface area contributed by atoms with Crippen molar-refractivity contribution in [3.63, 3.8) is 0 Å². The van der Waals surface area contributed by atoms with E-state index in [-0.39, 0.29) is 0 Å². The second-order valence-corrected chi connectivity index (χ2v) is 4.44. The Hall–Kier alpha value is -2.62. The first kappa shape index (κ1) is 11.5. The quantitative estimate of drug-likeness (QED) is 0.749. The Kier molecular flexibility index (Phi) is 2.76. The summed E-state index contributed by atoms with van der Waals surface area (Å²) in [6, 6.07) is 15.2. The molecule has 0 fully saturated rings. The fourth-order valence-electron chi connectivity index (χ4n) is 2.07. The number of carbonyl (C=O) groups is 1. The third kappa shape index (κ3) is 2.33. The number of imidazole rings is 1. The van der Waals surface area contributed by atoms with Gasteiger partial charge >= 0.3 is 0 Å². The molecule has 1 aromatic heterocycles. The molecule has 4 nitrogen and oxygen atoms in total. The van der Waals surface area contributed by atoms with Crippen molar-refractivity contribution in [3.05, 3.63) is 65.5 Å². The van der Waals surface area contributed by atoms with Crippen LogP contribution in [0.3, 0.4) is 0 Å². The van der Waals surface area contributed by atoms with Gasteiger partial charge in [-0.2, -0.15) is 0 Å². The van der Waals surface area contributed by atoms with Crippen molar-refractivity contribution >= 4 is 16.9 Å². The van der Waals surface area contributed by atoms with Gasteiger partial charge in [0.1, 0.15) is 5.82 Å². The van der Waals surface area contributed by atoms with Crippen LogP contribution >= 0.6 is 0 Å². The van der Waals surface area contributed by atoms with E-state index < -0.39 is 5.91 Å². The van der Waals surface area contributed by atoms with Crippen molar-refractivity contribution in [2.75, 3.05) is 0 Å². The zero-order chi connectivity index (χ0) is 13.2. The van der Waals surface area contributed by atoms with Crippen molar-refractivity contribution in [2.24, 2.45) is 5.73 Å². The van der Waals surface area contributed by atoms with Crippen LogP contribution in [0.15, 0.2) is 48.5 Å². The number of amides is 1. The minimum absolute atomic E-state index is 0.407. The maximum absolute atomic E-state index is 11.0. The predicted molar refractivity (Wildman–Crippen MR) is 73.9 cm³/mol. The summed E-state index contributed by atoms with van der Waals surface area (Å²) in [4.78, 5) is 18.8. The molecule has 0 saturated heterocycles. The van der Waals surface area contributed by atoms with Gasteiger partial charge in [0.25, 0.3) is 0 Å². The molecule has 3 N–H and O–H groups in total. The number of nitrogens with two attached hydrogens (primary N) is 1. The Morgan fingerprint density at radius 1 is 1.11 bits per heavy atom. The van der Waals surface area contributed by atoms with E-state index in [9.17, 15) is 4.79 Å². The molecule has 0 unspecified atom stereocenters. The van der Waals surface area contributed by atoms with Crippen LogP contribution in [0, 0.1) is 0 Å². The topological polar surface area (TPSA) is 71.8 Å². The third-order valence-corrected chi connectivity index (χ3v) is 3.05. The normalized spacial score (nSPS) is 10.7. The molecule has 19 heavy (non-hydrogen) atoms. The number of aromatic amines is 1. The monoisotopic (exact) mass is 251 g/mol. The van der Waals surface area contributed by atoms with Crippen LogP contribution in [0.25, 0.3) is 11.0 Å². The molecular formula is C15H13N3O. The largest absolute Gasteiger partial charge is 0.366 e. The highest BCUT2D eigenvalue weighted by molar-refractivity contribution is 5.92. The van der Waals surface area contributed by atoms with E-state index in [4.69, 9.17) is 5.73 Å². The molecule has 3 rings (SSSR count). The van der Waals surface area contributed by atoms with Gasteiger partial charge in [0.2, 0.25) is 5.91 Å². The number of carbonyl (C=O) groups excluding carboxylic acids is 1. The first-order chi connectivity index (χ1) is 9.22. The van der Waals surface area contributed by atoms with Gasteiger partial charge in [-0.05, 0) is 29.8 Å². The standard InChI is InChI=1S/C15H13N3O/c16-15(19)11-7-5-10(6-8-11)9-14-17-12-3-1-2-4-13(12)18-14/h1-8H,9H2,(H2,16,19)(H,17,18). The molecule has 0 radical (unpaired) electrons.